The summed E-state index contributed by atoms with van der Waals surface area (Å²) in [5.74, 6) is 1.29. The summed E-state index contributed by atoms with van der Waals surface area (Å²) in [6.07, 6.45) is 3.56. The van der Waals surface area contributed by atoms with Crippen LogP contribution in [0, 0.1) is 0 Å². The number of carbonyl (C=O) groups excluding carboxylic acids is 1. The lowest BCUT2D eigenvalue weighted by Gasteiger charge is -2.25. The number of carbonyl (C=O) groups is 1. The zero-order valence-corrected chi connectivity index (χ0v) is 15.7. The number of amides is 1. The first-order valence-electron chi connectivity index (χ1n) is 8.51. The lowest BCUT2D eigenvalue weighted by molar-refractivity contribution is 0.0506. The predicted molar refractivity (Wildman–Crippen MR) is 101 cm³/mol. The molecule has 0 saturated carbocycles. The molecule has 7 heteroatoms. The highest BCUT2D eigenvalue weighted by atomic mass is 35.5. The lowest BCUT2D eigenvalue weighted by atomic mass is 10.1. The second-order valence-electron chi connectivity index (χ2n) is 6.18. The maximum atomic E-state index is 13.0. The van der Waals surface area contributed by atoms with E-state index in [0.717, 1.165) is 30.8 Å². The molecule has 3 rings (SSSR count). The Balaban J connectivity index is 0.00000243. The predicted octanol–water partition coefficient (Wildman–Crippen LogP) is 2.99. The largest absolute Gasteiger partial charge is 0.497 e. The van der Waals surface area contributed by atoms with E-state index < -0.39 is 0 Å². The molecule has 1 unspecified atom stereocenters. The number of rotatable bonds is 7. The molecule has 1 amide bonds. The van der Waals surface area contributed by atoms with Gasteiger partial charge in [-0.05, 0) is 36.6 Å². The van der Waals surface area contributed by atoms with Crippen molar-refractivity contribution in [3.63, 3.8) is 0 Å². The Morgan fingerprint density at radius 2 is 2.23 bits per heavy atom. The molecule has 26 heavy (non-hydrogen) atoms. The fraction of sp³-hybridized carbons (Fsp3) is 0.421. The van der Waals surface area contributed by atoms with E-state index in [1.54, 1.807) is 18.1 Å². The van der Waals surface area contributed by atoms with Gasteiger partial charge in [0.05, 0.1) is 25.3 Å². The maximum Gasteiger partial charge on any atom is 0.257 e. The van der Waals surface area contributed by atoms with Crippen molar-refractivity contribution >= 4 is 18.3 Å². The molecular weight excluding hydrogens is 356 g/mol. The fourth-order valence-corrected chi connectivity index (χ4v) is 3.03. The Hall–Kier alpha value is -2.02. The Kier molecular flexibility index (Phi) is 7.50. The van der Waals surface area contributed by atoms with E-state index in [0.29, 0.717) is 24.4 Å². The third-order valence-corrected chi connectivity index (χ3v) is 4.34. The van der Waals surface area contributed by atoms with Crippen molar-refractivity contribution in [1.82, 2.24) is 4.90 Å². The first-order valence-corrected chi connectivity index (χ1v) is 8.51. The van der Waals surface area contributed by atoms with Gasteiger partial charge in [0, 0.05) is 19.7 Å². The summed E-state index contributed by atoms with van der Waals surface area (Å²) >= 11 is 0. The summed E-state index contributed by atoms with van der Waals surface area (Å²) in [6, 6.07) is 9.44. The molecule has 1 saturated heterocycles. The van der Waals surface area contributed by atoms with Crippen LogP contribution in [0.1, 0.15) is 34.5 Å². The molecule has 0 radical (unpaired) electrons. The van der Waals surface area contributed by atoms with E-state index in [1.165, 1.54) is 6.26 Å². The molecule has 1 fully saturated rings. The summed E-state index contributed by atoms with van der Waals surface area (Å²) in [4.78, 5) is 14.8. The van der Waals surface area contributed by atoms with Gasteiger partial charge >= 0.3 is 0 Å². The van der Waals surface area contributed by atoms with E-state index in [-0.39, 0.29) is 31.0 Å². The van der Waals surface area contributed by atoms with Gasteiger partial charge in [-0.2, -0.15) is 0 Å². The van der Waals surface area contributed by atoms with Gasteiger partial charge in [0.2, 0.25) is 0 Å². The molecule has 142 valence electrons. The molecule has 1 aliphatic heterocycles. The monoisotopic (exact) mass is 380 g/mol. The SMILES string of the molecule is COc1cccc(CN(CC2CCCO2)C(=O)c2coc(CN)c2)c1.Cl. The minimum absolute atomic E-state index is 0. The Bertz CT molecular complexity index is 713. The highest BCUT2D eigenvalue weighted by Crippen LogP contribution is 2.20. The molecule has 2 aromatic rings. The van der Waals surface area contributed by atoms with Crippen molar-refractivity contribution < 1.29 is 18.7 Å². The Morgan fingerprint density at radius 1 is 1.38 bits per heavy atom. The smallest absolute Gasteiger partial charge is 0.257 e. The quantitative estimate of drug-likeness (QED) is 0.798. The first-order chi connectivity index (χ1) is 12.2. The Labute approximate surface area is 159 Å². The molecule has 1 atom stereocenters. The number of furan rings is 1. The minimum Gasteiger partial charge on any atom is -0.497 e. The molecule has 0 spiro atoms. The highest BCUT2D eigenvalue weighted by molar-refractivity contribution is 5.94. The standard InChI is InChI=1S/C19H24N2O4.ClH/c1-23-16-5-2-4-14(8-16)11-21(12-17-6-3-7-24-17)19(22)15-9-18(10-20)25-13-15;/h2,4-5,8-9,13,17H,3,6-7,10-12,20H2,1H3;1H. The Morgan fingerprint density at radius 3 is 2.88 bits per heavy atom. The van der Waals surface area contributed by atoms with Crippen LogP contribution in [0.4, 0.5) is 0 Å². The van der Waals surface area contributed by atoms with Gasteiger partial charge in [-0.3, -0.25) is 4.79 Å². The molecule has 1 aromatic carbocycles. The molecule has 0 aliphatic carbocycles. The average molecular weight is 381 g/mol. The summed E-state index contributed by atoms with van der Waals surface area (Å²) in [7, 11) is 1.63. The summed E-state index contributed by atoms with van der Waals surface area (Å²) < 4.78 is 16.3. The number of nitrogens with zero attached hydrogens (tertiary/aromatic N) is 1. The minimum atomic E-state index is -0.0817. The van der Waals surface area contributed by atoms with Gasteiger partial charge in [-0.1, -0.05) is 12.1 Å². The highest BCUT2D eigenvalue weighted by Gasteiger charge is 2.24. The molecule has 0 bridgehead atoms. The van der Waals surface area contributed by atoms with Crippen LogP contribution < -0.4 is 10.5 Å². The zero-order valence-electron chi connectivity index (χ0n) is 14.8. The number of benzene rings is 1. The maximum absolute atomic E-state index is 13.0. The van der Waals surface area contributed by atoms with Crippen LogP contribution >= 0.6 is 12.4 Å². The van der Waals surface area contributed by atoms with E-state index in [2.05, 4.69) is 0 Å². The number of ether oxygens (including phenoxy) is 2. The van der Waals surface area contributed by atoms with Crippen LogP contribution in [-0.2, 0) is 17.8 Å². The van der Waals surface area contributed by atoms with Crippen molar-refractivity contribution in [2.75, 3.05) is 20.3 Å². The summed E-state index contributed by atoms with van der Waals surface area (Å²) in [5, 5.41) is 0. The van der Waals surface area contributed by atoms with Crippen LogP contribution in [0.2, 0.25) is 0 Å². The van der Waals surface area contributed by atoms with Crippen LogP contribution in [0.15, 0.2) is 41.0 Å². The molecule has 1 aromatic heterocycles. The van der Waals surface area contributed by atoms with Gasteiger partial charge < -0.3 is 24.5 Å². The van der Waals surface area contributed by atoms with E-state index in [1.807, 2.05) is 24.3 Å². The zero-order chi connectivity index (χ0) is 17.6. The fourth-order valence-electron chi connectivity index (χ4n) is 3.03. The van der Waals surface area contributed by atoms with Gasteiger partial charge in [0.1, 0.15) is 17.8 Å². The average Bonchev–Trinajstić information content (AvgIpc) is 3.32. The van der Waals surface area contributed by atoms with Crippen molar-refractivity contribution in [2.45, 2.75) is 32.0 Å². The van der Waals surface area contributed by atoms with Crippen LogP contribution in [-0.4, -0.2) is 37.2 Å². The molecular formula is C19H25ClN2O4. The van der Waals surface area contributed by atoms with Gasteiger partial charge in [0.25, 0.3) is 5.91 Å². The molecule has 2 N–H and O–H groups in total. The summed E-state index contributed by atoms with van der Waals surface area (Å²) in [6.45, 7) is 2.07. The van der Waals surface area contributed by atoms with Crippen LogP contribution in [0.25, 0.3) is 0 Å². The van der Waals surface area contributed by atoms with Crippen molar-refractivity contribution in [3.8, 4) is 5.75 Å². The second-order valence-corrected chi connectivity index (χ2v) is 6.18. The number of halogens is 1. The van der Waals surface area contributed by atoms with Crippen LogP contribution in [0.5, 0.6) is 5.75 Å². The third kappa shape index (κ3) is 5.00. The van der Waals surface area contributed by atoms with Crippen molar-refractivity contribution in [3.05, 3.63) is 53.5 Å². The third-order valence-electron chi connectivity index (χ3n) is 4.34. The first kappa shape index (κ1) is 20.3. The number of methoxy groups -OCH3 is 1. The van der Waals surface area contributed by atoms with E-state index in [4.69, 9.17) is 19.6 Å². The topological polar surface area (TPSA) is 77.9 Å². The lowest BCUT2D eigenvalue weighted by Crippen LogP contribution is -2.36. The molecule has 2 heterocycles. The number of nitrogens with two attached hydrogens (primary N) is 1. The van der Waals surface area contributed by atoms with Crippen molar-refractivity contribution in [1.29, 1.82) is 0 Å². The summed E-state index contributed by atoms with van der Waals surface area (Å²) in [5.41, 5.74) is 7.10. The number of hydrogen-bond acceptors (Lipinski definition) is 5. The number of hydrogen-bond donors (Lipinski definition) is 1. The van der Waals surface area contributed by atoms with E-state index in [9.17, 15) is 4.79 Å². The van der Waals surface area contributed by atoms with Crippen molar-refractivity contribution in [2.24, 2.45) is 5.73 Å². The van der Waals surface area contributed by atoms with Gasteiger partial charge in [-0.15, -0.1) is 12.4 Å². The molecule has 6 nitrogen and oxygen atoms in total. The van der Waals surface area contributed by atoms with Gasteiger partial charge in [-0.25, -0.2) is 0 Å². The molecule has 1 aliphatic rings. The normalized spacial score (nSPS) is 16.2. The van der Waals surface area contributed by atoms with E-state index >= 15 is 0 Å². The second kappa shape index (κ2) is 9.62. The van der Waals surface area contributed by atoms with Crippen LogP contribution in [0.3, 0.4) is 0 Å². The van der Waals surface area contributed by atoms with Gasteiger partial charge in [0.15, 0.2) is 0 Å².